The second-order valence-corrected chi connectivity index (χ2v) is 3.04. The number of hydrogen-bond donors (Lipinski definition) is 1. The van der Waals surface area contributed by atoms with Gasteiger partial charge in [0.2, 0.25) is 0 Å². The van der Waals surface area contributed by atoms with Crippen LogP contribution in [0.3, 0.4) is 0 Å². The van der Waals surface area contributed by atoms with Crippen LogP contribution in [0.1, 0.15) is 11.1 Å². The van der Waals surface area contributed by atoms with Crippen LogP contribution in [-0.4, -0.2) is 0 Å². The fourth-order valence-corrected chi connectivity index (χ4v) is 1.26. The standard InChI is InChI=1S/C8H7ClF3N/c1-4-2-3-5(13)6(7(4)9)8(10,11)12/h2-3H,13H2,1H3. The lowest BCUT2D eigenvalue weighted by Crippen LogP contribution is -2.10. The second-order valence-electron chi connectivity index (χ2n) is 2.66. The Morgan fingerprint density at radius 3 is 2.23 bits per heavy atom. The summed E-state index contributed by atoms with van der Waals surface area (Å²) in [6.45, 7) is 1.50. The van der Waals surface area contributed by atoms with Crippen LogP contribution in [-0.2, 0) is 6.18 Å². The molecule has 0 aliphatic rings. The second kappa shape index (κ2) is 3.10. The molecule has 1 rings (SSSR count). The lowest BCUT2D eigenvalue weighted by atomic mass is 10.1. The minimum absolute atomic E-state index is 0.326. The molecule has 2 N–H and O–H groups in total. The lowest BCUT2D eigenvalue weighted by Gasteiger charge is -2.12. The number of hydrogen-bond acceptors (Lipinski definition) is 1. The van der Waals surface area contributed by atoms with Crippen molar-refractivity contribution in [3.63, 3.8) is 0 Å². The van der Waals surface area contributed by atoms with Gasteiger partial charge in [-0.2, -0.15) is 13.2 Å². The van der Waals surface area contributed by atoms with Crippen LogP contribution >= 0.6 is 11.6 Å². The summed E-state index contributed by atoms with van der Waals surface area (Å²) in [6, 6.07) is 2.65. The Balaban J connectivity index is 3.43. The van der Waals surface area contributed by atoms with Crippen LogP contribution in [0.5, 0.6) is 0 Å². The zero-order valence-electron chi connectivity index (χ0n) is 6.74. The van der Waals surface area contributed by atoms with E-state index in [0.717, 1.165) is 0 Å². The molecule has 1 nitrogen and oxygen atoms in total. The summed E-state index contributed by atoms with van der Waals surface area (Å²) < 4.78 is 37.0. The molecule has 0 bridgehead atoms. The van der Waals surface area contributed by atoms with Crippen molar-refractivity contribution < 1.29 is 13.2 Å². The molecule has 0 amide bonds. The van der Waals surface area contributed by atoms with E-state index < -0.39 is 11.7 Å². The van der Waals surface area contributed by atoms with E-state index in [1.807, 2.05) is 0 Å². The maximum absolute atomic E-state index is 12.3. The van der Waals surface area contributed by atoms with Gasteiger partial charge < -0.3 is 5.73 Å². The predicted octanol–water partition coefficient (Wildman–Crippen LogP) is 3.25. The third-order valence-corrected chi connectivity index (χ3v) is 2.14. The summed E-state index contributed by atoms with van der Waals surface area (Å²) in [5.74, 6) is 0. The molecule has 1 aromatic carbocycles. The largest absolute Gasteiger partial charge is 0.419 e. The molecular weight excluding hydrogens is 203 g/mol. The van der Waals surface area contributed by atoms with Crippen molar-refractivity contribution in [3.05, 3.63) is 28.3 Å². The predicted molar refractivity (Wildman–Crippen MR) is 45.6 cm³/mol. The number of rotatable bonds is 0. The smallest absolute Gasteiger partial charge is 0.398 e. The van der Waals surface area contributed by atoms with Crippen molar-refractivity contribution >= 4 is 17.3 Å². The minimum Gasteiger partial charge on any atom is -0.398 e. The summed E-state index contributed by atoms with van der Waals surface area (Å²) in [7, 11) is 0. The van der Waals surface area contributed by atoms with Crippen LogP contribution < -0.4 is 5.73 Å². The maximum atomic E-state index is 12.3. The Morgan fingerprint density at radius 2 is 1.85 bits per heavy atom. The summed E-state index contributed by atoms with van der Waals surface area (Å²) in [5.41, 5.74) is 4.24. The van der Waals surface area contributed by atoms with Crippen LogP contribution in [0.15, 0.2) is 12.1 Å². The van der Waals surface area contributed by atoms with E-state index in [9.17, 15) is 13.2 Å². The normalized spacial score (nSPS) is 11.8. The minimum atomic E-state index is -4.49. The van der Waals surface area contributed by atoms with Gasteiger partial charge in [-0.1, -0.05) is 17.7 Å². The number of aryl methyl sites for hydroxylation is 1. The van der Waals surface area contributed by atoms with Gasteiger partial charge in [-0.3, -0.25) is 0 Å². The van der Waals surface area contributed by atoms with Gasteiger partial charge in [-0.15, -0.1) is 0 Å². The highest BCUT2D eigenvalue weighted by Crippen LogP contribution is 2.39. The molecule has 0 radical (unpaired) electrons. The van der Waals surface area contributed by atoms with E-state index in [1.165, 1.54) is 19.1 Å². The first-order valence-corrected chi connectivity index (χ1v) is 3.83. The molecule has 0 aliphatic carbocycles. The molecule has 1 aromatic rings. The molecule has 13 heavy (non-hydrogen) atoms. The first-order chi connectivity index (χ1) is 5.84. The summed E-state index contributed by atoms with van der Waals surface area (Å²) in [5, 5.41) is -0.326. The summed E-state index contributed by atoms with van der Waals surface area (Å²) >= 11 is 5.48. The topological polar surface area (TPSA) is 26.0 Å². The zero-order chi connectivity index (χ0) is 10.2. The molecular formula is C8H7ClF3N. The fourth-order valence-electron chi connectivity index (χ4n) is 0.983. The quantitative estimate of drug-likeness (QED) is 0.652. The van der Waals surface area contributed by atoms with Crippen LogP contribution in [0.4, 0.5) is 18.9 Å². The third-order valence-electron chi connectivity index (χ3n) is 1.65. The van der Waals surface area contributed by atoms with Gasteiger partial charge in [0, 0.05) is 5.69 Å². The number of benzene rings is 1. The van der Waals surface area contributed by atoms with Gasteiger partial charge in [0.1, 0.15) is 0 Å². The van der Waals surface area contributed by atoms with Gasteiger partial charge >= 0.3 is 6.18 Å². The lowest BCUT2D eigenvalue weighted by molar-refractivity contribution is -0.136. The number of nitrogen functional groups attached to an aromatic ring is 1. The van der Waals surface area contributed by atoms with Crippen molar-refractivity contribution in [2.75, 3.05) is 5.73 Å². The highest BCUT2D eigenvalue weighted by atomic mass is 35.5. The highest BCUT2D eigenvalue weighted by molar-refractivity contribution is 6.32. The molecule has 0 aromatic heterocycles. The Hall–Kier alpha value is -0.900. The van der Waals surface area contributed by atoms with E-state index in [0.29, 0.717) is 5.56 Å². The molecule has 0 saturated carbocycles. The number of nitrogens with two attached hydrogens (primary N) is 1. The van der Waals surface area contributed by atoms with Crippen molar-refractivity contribution in [1.82, 2.24) is 0 Å². The van der Waals surface area contributed by atoms with Crippen LogP contribution in [0.25, 0.3) is 0 Å². The molecule has 0 fully saturated rings. The van der Waals surface area contributed by atoms with E-state index >= 15 is 0 Å². The average molecular weight is 210 g/mol. The average Bonchev–Trinajstić information content (AvgIpc) is 1.95. The van der Waals surface area contributed by atoms with Crippen molar-refractivity contribution in [1.29, 1.82) is 0 Å². The molecule has 0 unspecified atom stereocenters. The number of anilines is 1. The Labute approximate surface area is 78.3 Å². The Kier molecular flexibility index (Phi) is 2.43. The molecule has 0 atom stereocenters. The number of halogens is 4. The monoisotopic (exact) mass is 209 g/mol. The maximum Gasteiger partial charge on any atom is 0.419 e. The molecule has 0 heterocycles. The van der Waals surface area contributed by atoms with Gasteiger partial charge in [-0.25, -0.2) is 0 Å². The molecule has 72 valence electrons. The summed E-state index contributed by atoms with van der Waals surface area (Å²) in [4.78, 5) is 0. The third kappa shape index (κ3) is 1.88. The summed E-state index contributed by atoms with van der Waals surface area (Å²) in [6.07, 6.45) is -4.49. The molecule has 0 spiro atoms. The number of alkyl halides is 3. The van der Waals surface area contributed by atoms with E-state index in [-0.39, 0.29) is 10.7 Å². The van der Waals surface area contributed by atoms with Gasteiger partial charge in [-0.05, 0) is 18.6 Å². The van der Waals surface area contributed by atoms with Gasteiger partial charge in [0.05, 0.1) is 10.6 Å². The molecule has 0 aliphatic heterocycles. The Morgan fingerprint density at radius 1 is 1.31 bits per heavy atom. The van der Waals surface area contributed by atoms with Crippen LogP contribution in [0, 0.1) is 6.92 Å². The Bertz CT molecular complexity index is 333. The van der Waals surface area contributed by atoms with E-state index in [4.69, 9.17) is 17.3 Å². The van der Waals surface area contributed by atoms with Gasteiger partial charge in [0.15, 0.2) is 0 Å². The SMILES string of the molecule is Cc1ccc(N)c(C(F)(F)F)c1Cl. The first kappa shape index (κ1) is 10.2. The van der Waals surface area contributed by atoms with Crippen molar-refractivity contribution in [2.24, 2.45) is 0 Å². The van der Waals surface area contributed by atoms with Crippen molar-refractivity contribution in [2.45, 2.75) is 13.1 Å². The highest BCUT2D eigenvalue weighted by Gasteiger charge is 2.35. The van der Waals surface area contributed by atoms with E-state index in [2.05, 4.69) is 0 Å². The van der Waals surface area contributed by atoms with Crippen molar-refractivity contribution in [3.8, 4) is 0 Å². The van der Waals surface area contributed by atoms with Crippen LogP contribution in [0.2, 0.25) is 5.02 Å². The molecule has 0 saturated heterocycles. The first-order valence-electron chi connectivity index (χ1n) is 3.46. The fraction of sp³-hybridized carbons (Fsp3) is 0.250. The molecule has 5 heteroatoms. The zero-order valence-corrected chi connectivity index (χ0v) is 7.50. The van der Waals surface area contributed by atoms with E-state index in [1.54, 1.807) is 0 Å². The van der Waals surface area contributed by atoms with Gasteiger partial charge in [0.25, 0.3) is 0 Å².